The third kappa shape index (κ3) is 3.02. The van der Waals surface area contributed by atoms with E-state index in [0.717, 1.165) is 11.6 Å². The van der Waals surface area contributed by atoms with Gasteiger partial charge in [-0.25, -0.2) is 0 Å². The Balaban J connectivity index is 2.22. The molecule has 4 heteroatoms. The summed E-state index contributed by atoms with van der Waals surface area (Å²) in [6.45, 7) is 6.34. The van der Waals surface area contributed by atoms with Gasteiger partial charge < -0.3 is 5.73 Å². The van der Waals surface area contributed by atoms with Gasteiger partial charge in [0.15, 0.2) is 0 Å². The predicted octanol–water partition coefficient (Wildman–Crippen LogP) is 3.17. The largest absolute Gasteiger partial charge is 0.329 e. The van der Waals surface area contributed by atoms with Gasteiger partial charge in [-0.15, -0.1) is 0 Å². The van der Waals surface area contributed by atoms with Gasteiger partial charge in [-0.2, -0.15) is 11.8 Å². The van der Waals surface area contributed by atoms with Gasteiger partial charge in [0.05, 0.1) is 0 Å². The second-order valence-corrected chi connectivity index (χ2v) is 6.78. The molecule has 1 aromatic rings. The highest BCUT2D eigenvalue weighted by atomic mass is 35.5. The number of benzene rings is 1. The first kappa shape index (κ1) is 14.2. The molecule has 0 radical (unpaired) electrons. The molecule has 3 unspecified atom stereocenters. The van der Waals surface area contributed by atoms with Crippen molar-refractivity contribution >= 4 is 23.4 Å². The molecular weight excluding hydrogens is 264 g/mol. The monoisotopic (exact) mass is 284 g/mol. The van der Waals surface area contributed by atoms with Crippen molar-refractivity contribution in [3.8, 4) is 0 Å². The highest BCUT2D eigenvalue weighted by Gasteiger charge is 2.30. The Kier molecular flexibility index (Phi) is 4.96. The van der Waals surface area contributed by atoms with E-state index in [1.54, 1.807) is 0 Å². The third-order valence-corrected chi connectivity index (χ3v) is 5.36. The fraction of sp³-hybridized carbons (Fsp3) is 0.571. The number of hydrogen-bond acceptors (Lipinski definition) is 3. The van der Waals surface area contributed by atoms with Crippen LogP contribution in [-0.4, -0.2) is 35.0 Å². The highest BCUT2D eigenvalue weighted by molar-refractivity contribution is 8.00. The molecule has 1 aliphatic heterocycles. The Morgan fingerprint density at radius 2 is 2.28 bits per heavy atom. The predicted molar refractivity (Wildman–Crippen MR) is 81.3 cm³/mol. The Labute approximate surface area is 119 Å². The average molecular weight is 285 g/mol. The van der Waals surface area contributed by atoms with Crippen LogP contribution in [0.3, 0.4) is 0 Å². The van der Waals surface area contributed by atoms with Gasteiger partial charge in [0.1, 0.15) is 0 Å². The zero-order valence-electron chi connectivity index (χ0n) is 11.0. The van der Waals surface area contributed by atoms with Crippen molar-refractivity contribution in [2.45, 2.75) is 31.2 Å². The summed E-state index contributed by atoms with van der Waals surface area (Å²) in [5.41, 5.74) is 7.23. The van der Waals surface area contributed by atoms with Crippen LogP contribution in [0, 0.1) is 0 Å². The average Bonchev–Trinajstić information content (AvgIpc) is 2.35. The fourth-order valence-electron chi connectivity index (χ4n) is 2.57. The summed E-state index contributed by atoms with van der Waals surface area (Å²) >= 11 is 8.13. The second-order valence-electron chi connectivity index (χ2n) is 4.86. The van der Waals surface area contributed by atoms with Crippen molar-refractivity contribution < 1.29 is 0 Å². The topological polar surface area (TPSA) is 29.3 Å². The van der Waals surface area contributed by atoms with Crippen molar-refractivity contribution in [1.82, 2.24) is 4.90 Å². The lowest BCUT2D eigenvalue weighted by molar-refractivity contribution is 0.150. The molecule has 0 spiro atoms. The summed E-state index contributed by atoms with van der Waals surface area (Å²) < 4.78 is 0. The van der Waals surface area contributed by atoms with E-state index in [4.69, 9.17) is 17.3 Å². The fourth-order valence-corrected chi connectivity index (χ4v) is 3.89. The molecule has 2 N–H and O–H groups in total. The van der Waals surface area contributed by atoms with Crippen molar-refractivity contribution in [3.63, 3.8) is 0 Å². The SMILES string of the molecule is CC1SCCN(C(CN)c2cccc(Cl)c2)C1C. The van der Waals surface area contributed by atoms with Crippen molar-refractivity contribution in [2.75, 3.05) is 18.8 Å². The minimum absolute atomic E-state index is 0.280. The maximum Gasteiger partial charge on any atom is 0.0474 e. The maximum atomic E-state index is 6.09. The lowest BCUT2D eigenvalue weighted by Crippen LogP contribution is -2.48. The maximum absolute atomic E-state index is 6.09. The molecule has 0 aliphatic carbocycles. The van der Waals surface area contributed by atoms with Gasteiger partial charge in [0.25, 0.3) is 0 Å². The lowest BCUT2D eigenvalue weighted by Gasteiger charge is -2.42. The summed E-state index contributed by atoms with van der Waals surface area (Å²) in [5, 5.41) is 1.45. The molecule has 3 atom stereocenters. The van der Waals surface area contributed by atoms with E-state index < -0.39 is 0 Å². The van der Waals surface area contributed by atoms with Gasteiger partial charge >= 0.3 is 0 Å². The summed E-state index contributed by atoms with van der Waals surface area (Å²) in [4.78, 5) is 2.52. The Hall–Kier alpha value is -0.220. The highest BCUT2D eigenvalue weighted by Crippen LogP contribution is 2.32. The quantitative estimate of drug-likeness (QED) is 0.924. The number of rotatable bonds is 3. The minimum atomic E-state index is 0.280. The molecule has 2 nitrogen and oxygen atoms in total. The molecule has 0 aromatic heterocycles. The Morgan fingerprint density at radius 3 is 2.94 bits per heavy atom. The van der Waals surface area contributed by atoms with Gasteiger partial charge in [0, 0.05) is 41.2 Å². The molecule has 18 heavy (non-hydrogen) atoms. The van der Waals surface area contributed by atoms with Gasteiger partial charge in [-0.1, -0.05) is 30.7 Å². The first-order valence-electron chi connectivity index (χ1n) is 6.46. The van der Waals surface area contributed by atoms with E-state index in [1.807, 2.05) is 30.0 Å². The molecule has 100 valence electrons. The molecular formula is C14H21ClN2S. The summed E-state index contributed by atoms with van der Waals surface area (Å²) in [6.07, 6.45) is 0. The van der Waals surface area contributed by atoms with Crippen molar-refractivity contribution in [2.24, 2.45) is 5.73 Å². The van der Waals surface area contributed by atoms with Crippen LogP contribution < -0.4 is 5.73 Å². The standard InChI is InChI=1S/C14H21ClN2S/c1-10-11(2)18-7-6-17(10)14(9-16)12-4-3-5-13(15)8-12/h3-5,8,10-11,14H,6-7,9,16H2,1-2H3. The van der Waals surface area contributed by atoms with E-state index in [0.29, 0.717) is 17.8 Å². The van der Waals surface area contributed by atoms with Crippen molar-refractivity contribution in [1.29, 1.82) is 0 Å². The molecule has 0 saturated carbocycles. The Morgan fingerprint density at radius 1 is 1.50 bits per heavy atom. The van der Waals surface area contributed by atoms with Crippen LogP contribution in [0.25, 0.3) is 0 Å². The van der Waals surface area contributed by atoms with E-state index in [9.17, 15) is 0 Å². The molecule has 0 bridgehead atoms. The van der Waals surface area contributed by atoms with Crippen LogP contribution >= 0.6 is 23.4 Å². The van der Waals surface area contributed by atoms with E-state index in [-0.39, 0.29) is 6.04 Å². The summed E-state index contributed by atoms with van der Waals surface area (Å²) in [7, 11) is 0. The molecule has 1 saturated heterocycles. The smallest absolute Gasteiger partial charge is 0.0474 e. The summed E-state index contributed by atoms with van der Waals surface area (Å²) in [5.74, 6) is 1.18. The number of nitrogens with zero attached hydrogens (tertiary/aromatic N) is 1. The molecule has 1 heterocycles. The number of hydrogen-bond donors (Lipinski definition) is 1. The molecule has 1 aromatic carbocycles. The third-order valence-electron chi connectivity index (χ3n) is 3.79. The van der Waals surface area contributed by atoms with Crippen LogP contribution in [0.4, 0.5) is 0 Å². The summed E-state index contributed by atoms with van der Waals surface area (Å²) in [6, 6.07) is 8.92. The van der Waals surface area contributed by atoms with Crippen LogP contribution in [0.2, 0.25) is 5.02 Å². The van der Waals surface area contributed by atoms with E-state index >= 15 is 0 Å². The molecule has 1 aliphatic rings. The first-order chi connectivity index (χ1) is 8.63. The van der Waals surface area contributed by atoms with Gasteiger partial charge in [0.2, 0.25) is 0 Å². The molecule has 2 rings (SSSR count). The number of halogens is 1. The van der Waals surface area contributed by atoms with Crippen LogP contribution in [0.5, 0.6) is 0 Å². The van der Waals surface area contributed by atoms with Crippen LogP contribution in [-0.2, 0) is 0 Å². The van der Waals surface area contributed by atoms with Crippen LogP contribution in [0.15, 0.2) is 24.3 Å². The van der Waals surface area contributed by atoms with Crippen molar-refractivity contribution in [3.05, 3.63) is 34.9 Å². The zero-order valence-corrected chi connectivity index (χ0v) is 12.5. The minimum Gasteiger partial charge on any atom is -0.329 e. The number of nitrogens with two attached hydrogens (primary N) is 1. The van der Waals surface area contributed by atoms with Crippen LogP contribution in [0.1, 0.15) is 25.5 Å². The van der Waals surface area contributed by atoms with Gasteiger partial charge in [-0.3, -0.25) is 4.90 Å². The molecule has 1 fully saturated rings. The normalized spacial score (nSPS) is 27.1. The Bertz CT molecular complexity index is 399. The van der Waals surface area contributed by atoms with E-state index in [2.05, 4.69) is 24.8 Å². The number of thioether (sulfide) groups is 1. The second kappa shape index (κ2) is 6.29. The molecule has 0 amide bonds. The lowest BCUT2D eigenvalue weighted by atomic mass is 10.0. The van der Waals surface area contributed by atoms with Gasteiger partial charge in [-0.05, 0) is 24.6 Å². The first-order valence-corrected chi connectivity index (χ1v) is 7.89. The van der Waals surface area contributed by atoms with E-state index in [1.165, 1.54) is 11.3 Å². The zero-order chi connectivity index (χ0) is 13.1.